The van der Waals surface area contributed by atoms with Gasteiger partial charge in [0.15, 0.2) is 0 Å². The second kappa shape index (κ2) is 2.94. The first-order chi connectivity index (χ1) is 6.00. The predicted molar refractivity (Wildman–Crippen MR) is 64.4 cm³/mol. The maximum absolute atomic E-state index is 12.0. The Morgan fingerprint density at radius 2 is 1.71 bits per heavy atom. The fourth-order valence-corrected chi connectivity index (χ4v) is 5.26. The summed E-state index contributed by atoms with van der Waals surface area (Å²) in [6.07, 6.45) is 1.11. The Balaban J connectivity index is 2.85. The molecule has 1 fully saturated rings. The highest BCUT2D eigenvalue weighted by Gasteiger charge is 2.56. The highest BCUT2D eigenvalue weighted by atomic mass is 28.3. The minimum absolute atomic E-state index is 0.0276. The summed E-state index contributed by atoms with van der Waals surface area (Å²) in [5.74, 6) is 0.518. The highest BCUT2D eigenvalue weighted by molar-refractivity contribution is 6.85. The summed E-state index contributed by atoms with van der Waals surface area (Å²) < 4.78 is 0. The van der Waals surface area contributed by atoms with Gasteiger partial charge in [-0.05, 0) is 11.5 Å². The Hall–Kier alpha value is -0.113. The summed E-state index contributed by atoms with van der Waals surface area (Å²) in [6.45, 7) is 15.8. The standard InChI is InChI=1S/C12H24OSi/c1-11(2,3)14(6,7)9-8-12(4,5)10(9)13/h9H,8H2,1-7H3. The van der Waals surface area contributed by atoms with Gasteiger partial charge in [-0.1, -0.05) is 47.7 Å². The molecule has 0 heterocycles. The van der Waals surface area contributed by atoms with E-state index in [0.717, 1.165) is 6.42 Å². The smallest absolute Gasteiger partial charge is 0.138 e. The van der Waals surface area contributed by atoms with Gasteiger partial charge in [-0.25, -0.2) is 0 Å². The van der Waals surface area contributed by atoms with Crippen LogP contribution < -0.4 is 0 Å². The van der Waals surface area contributed by atoms with Crippen LogP contribution in [0.1, 0.15) is 41.0 Å². The maximum atomic E-state index is 12.0. The summed E-state index contributed by atoms with van der Waals surface area (Å²) in [5, 5.41) is 0.337. The van der Waals surface area contributed by atoms with Gasteiger partial charge >= 0.3 is 0 Å². The van der Waals surface area contributed by atoms with Crippen molar-refractivity contribution in [2.24, 2.45) is 5.41 Å². The largest absolute Gasteiger partial charge is 0.299 e. The highest BCUT2D eigenvalue weighted by Crippen LogP contribution is 2.56. The fraction of sp³-hybridized carbons (Fsp3) is 0.917. The van der Waals surface area contributed by atoms with E-state index in [0.29, 0.717) is 16.4 Å². The van der Waals surface area contributed by atoms with E-state index in [4.69, 9.17) is 0 Å². The van der Waals surface area contributed by atoms with Crippen molar-refractivity contribution in [1.82, 2.24) is 0 Å². The van der Waals surface area contributed by atoms with Gasteiger partial charge in [-0.2, -0.15) is 0 Å². The van der Waals surface area contributed by atoms with Gasteiger partial charge < -0.3 is 0 Å². The molecule has 2 heteroatoms. The molecule has 1 aliphatic rings. The number of ketones is 1. The van der Waals surface area contributed by atoms with Crippen molar-refractivity contribution < 1.29 is 4.79 Å². The van der Waals surface area contributed by atoms with Crippen molar-refractivity contribution in [3.05, 3.63) is 0 Å². The second-order valence-electron chi connectivity index (χ2n) is 6.98. The monoisotopic (exact) mass is 212 g/mol. The molecule has 0 radical (unpaired) electrons. The molecular weight excluding hydrogens is 188 g/mol. The van der Waals surface area contributed by atoms with Crippen molar-refractivity contribution in [1.29, 1.82) is 0 Å². The average molecular weight is 212 g/mol. The average Bonchev–Trinajstić information content (AvgIpc) is 1.97. The van der Waals surface area contributed by atoms with E-state index in [2.05, 4.69) is 47.7 Å². The summed E-state index contributed by atoms with van der Waals surface area (Å²) in [6, 6.07) is 0. The second-order valence-corrected chi connectivity index (χ2v) is 12.6. The summed E-state index contributed by atoms with van der Waals surface area (Å²) in [7, 11) is -1.42. The van der Waals surface area contributed by atoms with E-state index in [1.54, 1.807) is 0 Å². The van der Waals surface area contributed by atoms with E-state index in [9.17, 15) is 4.79 Å². The van der Waals surface area contributed by atoms with Gasteiger partial charge in [-0.3, -0.25) is 4.79 Å². The minimum Gasteiger partial charge on any atom is -0.299 e. The quantitative estimate of drug-likeness (QED) is 0.603. The van der Waals surface area contributed by atoms with Crippen LogP contribution >= 0.6 is 0 Å². The van der Waals surface area contributed by atoms with E-state index in [1.165, 1.54) is 0 Å². The maximum Gasteiger partial charge on any atom is 0.138 e. The third-order valence-corrected chi connectivity index (χ3v) is 10.6. The summed E-state index contributed by atoms with van der Waals surface area (Å²) in [5.41, 5.74) is 0.373. The molecule has 0 aromatic carbocycles. The van der Waals surface area contributed by atoms with Crippen LogP contribution in [0.25, 0.3) is 0 Å². The topological polar surface area (TPSA) is 17.1 Å². The lowest BCUT2D eigenvalue weighted by Crippen LogP contribution is -2.56. The van der Waals surface area contributed by atoms with Crippen LogP contribution in [-0.4, -0.2) is 13.9 Å². The van der Waals surface area contributed by atoms with Crippen molar-refractivity contribution in [2.45, 2.75) is 64.7 Å². The minimum atomic E-state index is -1.42. The third-order valence-electron chi connectivity index (χ3n) is 4.50. The predicted octanol–water partition coefficient (Wildman–Crippen LogP) is 3.86. The molecule has 0 aromatic rings. The lowest BCUT2D eigenvalue weighted by molar-refractivity contribution is -0.135. The number of hydrogen-bond donors (Lipinski definition) is 0. The zero-order valence-corrected chi connectivity index (χ0v) is 11.7. The van der Waals surface area contributed by atoms with Crippen LogP contribution in [0.3, 0.4) is 0 Å². The van der Waals surface area contributed by atoms with Gasteiger partial charge in [0.1, 0.15) is 5.78 Å². The lowest BCUT2D eigenvalue weighted by Gasteiger charge is -2.52. The van der Waals surface area contributed by atoms with Crippen LogP contribution in [0.2, 0.25) is 23.7 Å². The van der Waals surface area contributed by atoms with Gasteiger partial charge in [0, 0.05) is 11.0 Å². The molecule has 1 saturated carbocycles. The Bertz CT molecular complexity index is 258. The Kier molecular flexibility index (Phi) is 2.51. The Morgan fingerprint density at radius 3 is 1.93 bits per heavy atom. The lowest BCUT2D eigenvalue weighted by atomic mass is 9.70. The normalized spacial score (nSPS) is 27.4. The van der Waals surface area contributed by atoms with Gasteiger partial charge in [0.2, 0.25) is 0 Å². The van der Waals surface area contributed by atoms with Crippen LogP contribution in [0.4, 0.5) is 0 Å². The first-order valence-corrected chi connectivity index (χ1v) is 8.62. The van der Waals surface area contributed by atoms with Gasteiger partial charge in [0.05, 0.1) is 8.07 Å². The number of carbonyl (C=O) groups is 1. The molecule has 0 saturated heterocycles. The number of hydrogen-bond acceptors (Lipinski definition) is 1. The molecule has 1 atom stereocenters. The van der Waals surface area contributed by atoms with Gasteiger partial charge in [-0.15, -0.1) is 0 Å². The molecule has 1 nitrogen and oxygen atoms in total. The summed E-state index contributed by atoms with van der Waals surface area (Å²) >= 11 is 0. The molecule has 82 valence electrons. The fourth-order valence-electron chi connectivity index (χ4n) is 2.15. The van der Waals surface area contributed by atoms with Crippen LogP contribution in [0.5, 0.6) is 0 Å². The van der Waals surface area contributed by atoms with E-state index in [-0.39, 0.29) is 5.41 Å². The molecular formula is C12H24OSi. The molecule has 0 aromatic heterocycles. The van der Waals surface area contributed by atoms with Crippen molar-refractivity contribution in [3.63, 3.8) is 0 Å². The molecule has 0 N–H and O–H groups in total. The Morgan fingerprint density at radius 1 is 1.29 bits per heavy atom. The summed E-state index contributed by atoms with van der Waals surface area (Å²) in [4.78, 5) is 12.0. The zero-order valence-electron chi connectivity index (χ0n) is 10.7. The van der Waals surface area contributed by atoms with E-state index < -0.39 is 8.07 Å². The first-order valence-electron chi connectivity index (χ1n) is 5.54. The first kappa shape index (κ1) is 12.0. The van der Waals surface area contributed by atoms with E-state index in [1.807, 2.05) is 0 Å². The van der Waals surface area contributed by atoms with Crippen LogP contribution in [0, 0.1) is 5.41 Å². The van der Waals surface area contributed by atoms with E-state index >= 15 is 0 Å². The van der Waals surface area contributed by atoms with Crippen LogP contribution in [0.15, 0.2) is 0 Å². The molecule has 0 bridgehead atoms. The molecule has 0 spiro atoms. The number of rotatable bonds is 1. The number of carbonyl (C=O) groups excluding carboxylic acids is 1. The molecule has 0 amide bonds. The van der Waals surface area contributed by atoms with Crippen LogP contribution in [-0.2, 0) is 4.79 Å². The Labute approximate surface area is 89.3 Å². The number of Topliss-reactive ketones (excluding diaryl/α,β-unsaturated/α-hetero) is 1. The third kappa shape index (κ3) is 1.58. The van der Waals surface area contributed by atoms with Crippen molar-refractivity contribution >= 4 is 13.9 Å². The van der Waals surface area contributed by atoms with Gasteiger partial charge in [0.25, 0.3) is 0 Å². The SMILES string of the molecule is CC1(C)CC([Si](C)(C)C(C)(C)C)C1=O. The molecule has 1 aliphatic carbocycles. The molecule has 1 rings (SSSR count). The van der Waals surface area contributed by atoms with Crippen molar-refractivity contribution in [2.75, 3.05) is 0 Å². The zero-order chi connectivity index (χ0) is 11.4. The molecule has 14 heavy (non-hydrogen) atoms. The molecule has 1 unspecified atom stereocenters. The molecule has 0 aliphatic heterocycles. The van der Waals surface area contributed by atoms with Crippen molar-refractivity contribution in [3.8, 4) is 0 Å².